The zero-order valence-electron chi connectivity index (χ0n) is 15.5. The number of nitro groups is 1. The number of carbonyl (C=O) groups excluding carboxylic acids is 1. The van der Waals surface area contributed by atoms with Crippen LogP contribution in [0.3, 0.4) is 0 Å². The van der Waals surface area contributed by atoms with Gasteiger partial charge in [-0.1, -0.05) is 17.7 Å². The molecule has 2 N–H and O–H groups in total. The number of hydrogen-bond donors (Lipinski definition) is 2. The second-order valence-electron chi connectivity index (χ2n) is 6.06. The SMILES string of the molecule is Cc1ccc(OCC(=O)NCCNS(=O)(=O)c2ccc([N+](=O)[O-])cc2)c(C)c1. The number of aryl methyl sites for hydroxylation is 2. The van der Waals surface area contributed by atoms with Crippen molar-refractivity contribution < 1.29 is 22.9 Å². The molecule has 0 fully saturated rings. The molecule has 0 saturated heterocycles. The Bertz CT molecular complexity index is 958. The van der Waals surface area contributed by atoms with Gasteiger partial charge in [-0.05, 0) is 37.6 Å². The minimum atomic E-state index is -3.82. The summed E-state index contributed by atoms with van der Waals surface area (Å²) in [4.78, 5) is 21.7. The van der Waals surface area contributed by atoms with E-state index in [1.807, 2.05) is 26.0 Å². The molecule has 1 amide bonds. The van der Waals surface area contributed by atoms with E-state index in [1.165, 1.54) is 0 Å². The van der Waals surface area contributed by atoms with Crippen molar-refractivity contribution in [3.63, 3.8) is 0 Å². The monoisotopic (exact) mass is 407 g/mol. The Hall–Kier alpha value is -2.98. The number of hydrogen-bond acceptors (Lipinski definition) is 6. The molecule has 0 bridgehead atoms. The lowest BCUT2D eigenvalue weighted by molar-refractivity contribution is -0.384. The van der Waals surface area contributed by atoms with Gasteiger partial charge in [0.15, 0.2) is 6.61 Å². The molecule has 0 atom stereocenters. The van der Waals surface area contributed by atoms with Gasteiger partial charge in [-0.3, -0.25) is 14.9 Å². The molecule has 0 aliphatic heterocycles. The van der Waals surface area contributed by atoms with Crippen molar-refractivity contribution >= 4 is 21.6 Å². The standard InChI is InChI=1S/C18H21N3O6S/c1-13-3-8-17(14(2)11-13)27-12-18(22)19-9-10-20-28(25,26)16-6-4-15(5-7-16)21(23)24/h3-8,11,20H,9-10,12H2,1-2H3,(H,19,22). The van der Waals surface area contributed by atoms with Gasteiger partial charge < -0.3 is 10.1 Å². The molecule has 0 aliphatic rings. The molecular weight excluding hydrogens is 386 g/mol. The predicted octanol–water partition coefficient (Wildman–Crippen LogP) is 1.69. The Balaban J connectivity index is 1.76. The predicted molar refractivity (Wildman–Crippen MR) is 103 cm³/mol. The van der Waals surface area contributed by atoms with E-state index in [0.29, 0.717) is 5.75 Å². The Morgan fingerprint density at radius 3 is 2.39 bits per heavy atom. The Kier molecular flexibility index (Phi) is 7.07. The van der Waals surface area contributed by atoms with E-state index in [9.17, 15) is 23.3 Å². The highest BCUT2D eigenvalue weighted by atomic mass is 32.2. The molecular formula is C18H21N3O6S. The van der Waals surface area contributed by atoms with Crippen molar-refractivity contribution in [3.05, 3.63) is 63.7 Å². The number of amides is 1. The van der Waals surface area contributed by atoms with Gasteiger partial charge in [-0.15, -0.1) is 0 Å². The second-order valence-corrected chi connectivity index (χ2v) is 7.82. The molecule has 0 saturated carbocycles. The van der Waals surface area contributed by atoms with Crippen molar-refractivity contribution in [1.82, 2.24) is 10.0 Å². The quantitative estimate of drug-likeness (QED) is 0.370. The molecule has 2 rings (SSSR count). The Morgan fingerprint density at radius 2 is 1.79 bits per heavy atom. The number of non-ortho nitro benzene ring substituents is 1. The largest absolute Gasteiger partial charge is 0.484 e. The summed E-state index contributed by atoms with van der Waals surface area (Å²) in [6, 6.07) is 10.1. The number of nitrogens with one attached hydrogen (secondary N) is 2. The summed E-state index contributed by atoms with van der Waals surface area (Å²) in [6.07, 6.45) is 0. The number of sulfonamides is 1. The van der Waals surface area contributed by atoms with E-state index in [0.717, 1.165) is 35.4 Å². The normalized spacial score (nSPS) is 11.1. The summed E-state index contributed by atoms with van der Waals surface area (Å²) >= 11 is 0. The van der Waals surface area contributed by atoms with Crippen molar-refractivity contribution in [1.29, 1.82) is 0 Å². The van der Waals surface area contributed by atoms with Crippen LogP contribution in [0.25, 0.3) is 0 Å². The van der Waals surface area contributed by atoms with Gasteiger partial charge in [-0.25, -0.2) is 13.1 Å². The summed E-state index contributed by atoms with van der Waals surface area (Å²) in [7, 11) is -3.82. The summed E-state index contributed by atoms with van der Waals surface area (Å²) in [5, 5.41) is 13.2. The van der Waals surface area contributed by atoms with E-state index >= 15 is 0 Å². The van der Waals surface area contributed by atoms with E-state index in [4.69, 9.17) is 4.74 Å². The molecule has 2 aromatic carbocycles. The Labute approximate surface area is 162 Å². The third kappa shape index (κ3) is 6.03. The highest BCUT2D eigenvalue weighted by Gasteiger charge is 2.15. The maximum absolute atomic E-state index is 12.1. The molecule has 0 spiro atoms. The summed E-state index contributed by atoms with van der Waals surface area (Å²) in [5.41, 5.74) is 1.81. The molecule has 0 aromatic heterocycles. The van der Waals surface area contributed by atoms with Crippen LogP contribution < -0.4 is 14.8 Å². The summed E-state index contributed by atoms with van der Waals surface area (Å²) in [5.74, 6) is 0.231. The lowest BCUT2D eigenvalue weighted by Crippen LogP contribution is -2.36. The molecule has 0 heterocycles. The van der Waals surface area contributed by atoms with E-state index in [2.05, 4.69) is 10.0 Å². The number of ether oxygens (including phenoxy) is 1. The zero-order valence-corrected chi connectivity index (χ0v) is 16.3. The molecule has 9 nitrogen and oxygen atoms in total. The van der Waals surface area contributed by atoms with Crippen LogP contribution in [0.5, 0.6) is 5.75 Å². The van der Waals surface area contributed by atoms with Crippen molar-refractivity contribution in [2.45, 2.75) is 18.7 Å². The fourth-order valence-electron chi connectivity index (χ4n) is 2.37. The van der Waals surface area contributed by atoms with Gasteiger partial charge in [0.1, 0.15) is 5.75 Å². The van der Waals surface area contributed by atoms with Gasteiger partial charge in [-0.2, -0.15) is 0 Å². The molecule has 0 radical (unpaired) electrons. The van der Waals surface area contributed by atoms with Crippen LogP contribution in [0, 0.1) is 24.0 Å². The Morgan fingerprint density at radius 1 is 1.11 bits per heavy atom. The minimum Gasteiger partial charge on any atom is -0.484 e. The maximum Gasteiger partial charge on any atom is 0.269 e. The first-order valence-electron chi connectivity index (χ1n) is 8.40. The smallest absolute Gasteiger partial charge is 0.269 e. The fourth-order valence-corrected chi connectivity index (χ4v) is 3.41. The molecule has 150 valence electrons. The van der Waals surface area contributed by atoms with Gasteiger partial charge >= 0.3 is 0 Å². The van der Waals surface area contributed by atoms with Crippen molar-refractivity contribution in [3.8, 4) is 5.75 Å². The van der Waals surface area contributed by atoms with Crippen LogP contribution in [0.1, 0.15) is 11.1 Å². The minimum absolute atomic E-state index is 0.0331. The van der Waals surface area contributed by atoms with Crippen molar-refractivity contribution in [2.75, 3.05) is 19.7 Å². The number of carbonyl (C=O) groups is 1. The zero-order chi connectivity index (χ0) is 20.7. The molecule has 0 unspecified atom stereocenters. The van der Waals surface area contributed by atoms with Crippen LogP contribution in [0.15, 0.2) is 47.4 Å². The van der Waals surface area contributed by atoms with Crippen LogP contribution in [-0.2, 0) is 14.8 Å². The van der Waals surface area contributed by atoms with Gasteiger partial charge in [0, 0.05) is 25.2 Å². The highest BCUT2D eigenvalue weighted by Crippen LogP contribution is 2.18. The van der Waals surface area contributed by atoms with E-state index in [1.54, 1.807) is 6.07 Å². The maximum atomic E-state index is 12.1. The van der Waals surface area contributed by atoms with Gasteiger partial charge in [0.25, 0.3) is 11.6 Å². The average Bonchev–Trinajstić information content (AvgIpc) is 2.64. The summed E-state index contributed by atoms with van der Waals surface area (Å²) < 4.78 is 32.0. The van der Waals surface area contributed by atoms with Crippen LogP contribution >= 0.6 is 0 Å². The highest BCUT2D eigenvalue weighted by molar-refractivity contribution is 7.89. The van der Waals surface area contributed by atoms with Crippen LogP contribution in [0.2, 0.25) is 0 Å². The first kappa shape index (κ1) is 21.3. The number of benzene rings is 2. The number of nitrogens with zero attached hydrogens (tertiary/aromatic N) is 1. The third-order valence-electron chi connectivity index (χ3n) is 3.79. The summed E-state index contributed by atoms with van der Waals surface area (Å²) in [6.45, 7) is 3.70. The van der Waals surface area contributed by atoms with E-state index in [-0.39, 0.29) is 36.2 Å². The average molecular weight is 407 g/mol. The lowest BCUT2D eigenvalue weighted by Gasteiger charge is -2.11. The van der Waals surface area contributed by atoms with Crippen LogP contribution in [-0.4, -0.2) is 38.9 Å². The number of nitro benzene ring substituents is 1. The lowest BCUT2D eigenvalue weighted by atomic mass is 10.1. The second kappa shape index (κ2) is 9.29. The first-order chi connectivity index (χ1) is 13.2. The third-order valence-corrected chi connectivity index (χ3v) is 5.26. The van der Waals surface area contributed by atoms with Gasteiger partial charge in [0.05, 0.1) is 9.82 Å². The van der Waals surface area contributed by atoms with E-state index < -0.39 is 14.9 Å². The molecule has 28 heavy (non-hydrogen) atoms. The van der Waals surface area contributed by atoms with Crippen LogP contribution in [0.4, 0.5) is 5.69 Å². The number of rotatable bonds is 9. The first-order valence-corrected chi connectivity index (χ1v) is 9.88. The van der Waals surface area contributed by atoms with Crippen molar-refractivity contribution in [2.24, 2.45) is 0 Å². The fraction of sp³-hybridized carbons (Fsp3) is 0.278. The van der Waals surface area contributed by atoms with Gasteiger partial charge in [0.2, 0.25) is 10.0 Å². The molecule has 0 aliphatic carbocycles. The molecule has 2 aromatic rings. The topological polar surface area (TPSA) is 128 Å². The molecule has 10 heteroatoms.